The summed E-state index contributed by atoms with van der Waals surface area (Å²) in [5.74, 6) is 0.940. The monoisotopic (exact) mass is 363 g/mol. The third-order valence-electron chi connectivity index (χ3n) is 3.74. The molecule has 4 nitrogen and oxygen atoms in total. The Morgan fingerprint density at radius 3 is 2.31 bits per heavy atom. The molecule has 0 radical (unpaired) electrons. The summed E-state index contributed by atoms with van der Waals surface area (Å²) in [5, 5.41) is 8.99. The van der Waals surface area contributed by atoms with Gasteiger partial charge in [0.15, 0.2) is 0 Å². The SMILES string of the molecule is OCc1ccc(OCCc2coc(-c3ccc(C(F)(F)F)cc3)n2)cc1. The van der Waals surface area contributed by atoms with E-state index in [4.69, 9.17) is 14.3 Å². The van der Waals surface area contributed by atoms with Crippen molar-refractivity contribution in [1.29, 1.82) is 0 Å². The average molecular weight is 363 g/mol. The smallest absolute Gasteiger partial charge is 0.416 e. The summed E-state index contributed by atoms with van der Waals surface area (Å²) >= 11 is 0. The van der Waals surface area contributed by atoms with Gasteiger partial charge in [-0.05, 0) is 42.0 Å². The van der Waals surface area contributed by atoms with Crippen LogP contribution in [0.25, 0.3) is 11.5 Å². The molecule has 0 saturated heterocycles. The molecule has 26 heavy (non-hydrogen) atoms. The van der Waals surface area contributed by atoms with E-state index in [2.05, 4.69) is 4.98 Å². The molecule has 1 N–H and O–H groups in total. The van der Waals surface area contributed by atoms with E-state index in [0.29, 0.717) is 30.0 Å². The molecule has 0 bridgehead atoms. The lowest BCUT2D eigenvalue weighted by Gasteiger charge is -2.06. The standard InChI is InChI=1S/C19H16F3NO3/c20-19(21,22)15-5-3-14(4-6-15)18-23-16(12-26-18)9-10-25-17-7-1-13(11-24)2-8-17/h1-8,12,24H,9-11H2. The summed E-state index contributed by atoms with van der Waals surface area (Å²) in [7, 11) is 0. The number of halogens is 3. The van der Waals surface area contributed by atoms with Gasteiger partial charge in [-0.2, -0.15) is 13.2 Å². The van der Waals surface area contributed by atoms with Crippen LogP contribution in [0.5, 0.6) is 5.75 Å². The van der Waals surface area contributed by atoms with Crippen molar-refractivity contribution in [3.05, 3.63) is 71.6 Å². The lowest BCUT2D eigenvalue weighted by atomic mass is 10.1. The average Bonchev–Trinajstić information content (AvgIpc) is 3.11. The van der Waals surface area contributed by atoms with Crippen LogP contribution in [-0.2, 0) is 19.2 Å². The van der Waals surface area contributed by atoms with E-state index in [0.717, 1.165) is 17.7 Å². The van der Waals surface area contributed by atoms with E-state index in [1.54, 1.807) is 24.3 Å². The number of ether oxygens (including phenoxy) is 1. The first-order valence-electron chi connectivity index (χ1n) is 7.90. The highest BCUT2D eigenvalue weighted by Crippen LogP contribution is 2.30. The van der Waals surface area contributed by atoms with Crippen LogP contribution in [0.1, 0.15) is 16.8 Å². The van der Waals surface area contributed by atoms with Gasteiger partial charge in [0.25, 0.3) is 0 Å². The van der Waals surface area contributed by atoms with Gasteiger partial charge >= 0.3 is 6.18 Å². The van der Waals surface area contributed by atoms with Gasteiger partial charge in [0.2, 0.25) is 5.89 Å². The molecule has 0 spiro atoms. The number of hydrogen-bond donors (Lipinski definition) is 1. The van der Waals surface area contributed by atoms with Crippen molar-refractivity contribution in [3.63, 3.8) is 0 Å². The first-order valence-corrected chi connectivity index (χ1v) is 7.90. The number of alkyl halides is 3. The number of aliphatic hydroxyl groups excluding tert-OH is 1. The lowest BCUT2D eigenvalue weighted by molar-refractivity contribution is -0.137. The summed E-state index contributed by atoms with van der Waals surface area (Å²) in [6, 6.07) is 11.7. The predicted molar refractivity (Wildman–Crippen MR) is 88.5 cm³/mol. The Morgan fingerprint density at radius 2 is 1.69 bits per heavy atom. The van der Waals surface area contributed by atoms with E-state index >= 15 is 0 Å². The van der Waals surface area contributed by atoms with Crippen LogP contribution in [-0.4, -0.2) is 16.7 Å². The van der Waals surface area contributed by atoms with Gasteiger partial charge in [-0.15, -0.1) is 0 Å². The summed E-state index contributed by atoms with van der Waals surface area (Å²) in [5.41, 5.74) is 1.21. The third-order valence-corrected chi connectivity index (χ3v) is 3.74. The summed E-state index contributed by atoms with van der Waals surface area (Å²) in [4.78, 5) is 4.27. The number of aromatic nitrogens is 1. The predicted octanol–water partition coefficient (Wildman–Crippen LogP) is 4.47. The van der Waals surface area contributed by atoms with Crippen LogP contribution in [0.15, 0.2) is 59.2 Å². The molecule has 3 aromatic rings. The van der Waals surface area contributed by atoms with Gasteiger partial charge in [0, 0.05) is 12.0 Å². The number of oxazole rings is 1. The van der Waals surface area contributed by atoms with E-state index < -0.39 is 11.7 Å². The van der Waals surface area contributed by atoms with Gasteiger partial charge < -0.3 is 14.3 Å². The third kappa shape index (κ3) is 4.43. The second kappa shape index (κ2) is 7.61. The maximum Gasteiger partial charge on any atom is 0.416 e. The Morgan fingerprint density at radius 1 is 1.00 bits per heavy atom. The molecule has 0 aliphatic heterocycles. The molecule has 1 heterocycles. The number of benzene rings is 2. The van der Waals surface area contributed by atoms with Crippen LogP contribution in [0, 0.1) is 0 Å². The topological polar surface area (TPSA) is 55.5 Å². The highest BCUT2D eigenvalue weighted by Gasteiger charge is 2.30. The van der Waals surface area contributed by atoms with Gasteiger partial charge in [-0.25, -0.2) is 4.98 Å². The van der Waals surface area contributed by atoms with Crippen LogP contribution >= 0.6 is 0 Å². The zero-order valence-corrected chi connectivity index (χ0v) is 13.7. The molecular formula is C19H16F3NO3. The molecule has 0 unspecified atom stereocenters. The Labute approximate surface area is 147 Å². The molecule has 0 aliphatic carbocycles. The Kier molecular flexibility index (Phi) is 5.27. The quantitative estimate of drug-likeness (QED) is 0.702. The van der Waals surface area contributed by atoms with Crippen molar-refractivity contribution in [1.82, 2.24) is 4.98 Å². The molecular weight excluding hydrogens is 347 g/mol. The minimum absolute atomic E-state index is 0.0219. The highest BCUT2D eigenvalue weighted by molar-refractivity contribution is 5.54. The maximum atomic E-state index is 12.6. The number of aliphatic hydroxyl groups is 1. The van der Waals surface area contributed by atoms with Crippen molar-refractivity contribution in [2.24, 2.45) is 0 Å². The number of rotatable bonds is 6. The van der Waals surface area contributed by atoms with Crippen LogP contribution < -0.4 is 4.74 Å². The molecule has 3 rings (SSSR count). The molecule has 0 saturated carbocycles. The molecule has 7 heteroatoms. The van der Waals surface area contributed by atoms with Crippen molar-refractivity contribution in [3.8, 4) is 17.2 Å². The van der Waals surface area contributed by atoms with Crippen LogP contribution in [0.3, 0.4) is 0 Å². The fourth-order valence-electron chi connectivity index (χ4n) is 2.32. The molecule has 2 aromatic carbocycles. The van der Waals surface area contributed by atoms with E-state index in [9.17, 15) is 13.2 Å². The van der Waals surface area contributed by atoms with Gasteiger partial charge in [0.05, 0.1) is 24.5 Å². The first-order chi connectivity index (χ1) is 12.5. The van der Waals surface area contributed by atoms with E-state index in [1.165, 1.54) is 18.4 Å². The minimum Gasteiger partial charge on any atom is -0.493 e. The fraction of sp³-hybridized carbons (Fsp3) is 0.211. The van der Waals surface area contributed by atoms with E-state index in [-0.39, 0.29) is 12.5 Å². The normalized spacial score (nSPS) is 11.5. The Hall–Kier alpha value is -2.80. The van der Waals surface area contributed by atoms with Crippen molar-refractivity contribution in [2.45, 2.75) is 19.2 Å². The second-order valence-electron chi connectivity index (χ2n) is 5.62. The molecule has 0 amide bonds. The maximum absolute atomic E-state index is 12.6. The van der Waals surface area contributed by atoms with Crippen molar-refractivity contribution in [2.75, 3.05) is 6.61 Å². The highest BCUT2D eigenvalue weighted by atomic mass is 19.4. The van der Waals surface area contributed by atoms with Crippen LogP contribution in [0.2, 0.25) is 0 Å². The zero-order valence-electron chi connectivity index (χ0n) is 13.7. The minimum atomic E-state index is -4.37. The van der Waals surface area contributed by atoms with E-state index in [1.807, 2.05) is 0 Å². The van der Waals surface area contributed by atoms with Crippen LogP contribution in [0.4, 0.5) is 13.2 Å². The summed E-state index contributed by atoms with van der Waals surface area (Å²) < 4.78 is 48.7. The zero-order chi connectivity index (χ0) is 18.6. The summed E-state index contributed by atoms with van der Waals surface area (Å²) in [6.45, 7) is 0.351. The van der Waals surface area contributed by atoms with Crippen molar-refractivity contribution >= 4 is 0 Å². The lowest BCUT2D eigenvalue weighted by Crippen LogP contribution is -2.04. The first kappa shape index (κ1) is 18.0. The van der Waals surface area contributed by atoms with Gasteiger partial charge in [0.1, 0.15) is 12.0 Å². The molecule has 0 fully saturated rings. The van der Waals surface area contributed by atoms with Crippen molar-refractivity contribution < 1.29 is 27.4 Å². The number of nitrogens with zero attached hydrogens (tertiary/aromatic N) is 1. The molecule has 136 valence electrons. The Bertz CT molecular complexity index is 840. The fourth-order valence-corrected chi connectivity index (χ4v) is 2.32. The second-order valence-corrected chi connectivity index (χ2v) is 5.62. The largest absolute Gasteiger partial charge is 0.493 e. The van der Waals surface area contributed by atoms with Gasteiger partial charge in [-0.3, -0.25) is 0 Å². The molecule has 1 aromatic heterocycles. The summed E-state index contributed by atoms with van der Waals surface area (Å²) in [6.07, 6.45) is -2.41. The molecule has 0 atom stereocenters. The number of hydrogen-bond acceptors (Lipinski definition) is 4. The van der Waals surface area contributed by atoms with Gasteiger partial charge in [-0.1, -0.05) is 12.1 Å². The molecule has 0 aliphatic rings. The Balaban J connectivity index is 1.57.